The van der Waals surface area contributed by atoms with Crippen LogP contribution in [0.4, 0.5) is 0 Å². The van der Waals surface area contributed by atoms with Crippen LogP contribution in [0.15, 0.2) is 47.5 Å². The second-order valence-corrected chi connectivity index (χ2v) is 6.67. The molecule has 0 fully saturated rings. The normalized spacial score (nSPS) is 10.6. The molecule has 0 saturated carbocycles. The number of nitriles is 1. The van der Waals surface area contributed by atoms with Crippen molar-refractivity contribution in [2.24, 2.45) is 0 Å². The first-order chi connectivity index (χ1) is 12.9. The zero-order valence-electron chi connectivity index (χ0n) is 15.6. The molecule has 0 saturated heterocycles. The fraction of sp³-hybridized carbons (Fsp3) is 0.238. The highest BCUT2D eigenvalue weighted by Gasteiger charge is 2.15. The van der Waals surface area contributed by atoms with Gasteiger partial charge in [0, 0.05) is 13.6 Å². The first-order valence-electron chi connectivity index (χ1n) is 8.59. The quantitative estimate of drug-likeness (QED) is 0.716. The van der Waals surface area contributed by atoms with E-state index in [1.165, 1.54) is 16.5 Å². The highest BCUT2D eigenvalue weighted by molar-refractivity contribution is 5.84. The molecule has 3 aromatic rings. The molecular weight excluding hydrogens is 340 g/mol. The number of amides is 1. The van der Waals surface area contributed by atoms with Crippen molar-refractivity contribution in [3.63, 3.8) is 0 Å². The van der Waals surface area contributed by atoms with E-state index < -0.39 is 0 Å². The van der Waals surface area contributed by atoms with Gasteiger partial charge in [0.05, 0.1) is 22.8 Å². The summed E-state index contributed by atoms with van der Waals surface area (Å²) in [6.45, 7) is 4.38. The van der Waals surface area contributed by atoms with Crippen LogP contribution in [-0.2, 0) is 17.9 Å². The minimum Gasteiger partial charge on any atom is -0.340 e. The molecule has 0 bridgehead atoms. The van der Waals surface area contributed by atoms with Crippen molar-refractivity contribution in [1.29, 1.82) is 5.26 Å². The van der Waals surface area contributed by atoms with Crippen LogP contribution in [0, 0.1) is 25.2 Å². The Morgan fingerprint density at radius 1 is 1.26 bits per heavy atom. The van der Waals surface area contributed by atoms with Gasteiger partial charge in [0.2, 0.25) is 5.91 Å². The van der Waals surface area contributed by atoms with Crippen LogP contribution in [0.5, 0.6) is 0 Å². The summed E-state index contributed by atoms with van der Waals surface area (Å²) in [5, 5.41) is 9.47. The third kappa shape index (κ3) is 3.72. The van der Waals surface area contributed by atoms with Crippen LogP contribution in [0.1, 0.15) is 22.3 Å². The fourth-order valence-electron chi connectivity index (χ4n) is 3.04. The third-order valence-electron chi connectivity index (χ3n) is 4.61. The lowest BCUT2D eigenvalue weighted by Crippen LogP contribution is -2.34. The van der Waals surface area contributed by atoms with Gasteiger partial charge in [-0.05, 0) is 37.1 Å². The molecule has 1 aromatic heterocycles. The summed E-state index contributed by atoms with van der Waals surface area (Å²) in [4.78, 5) is 31.1. The second-order valence-electron chi connectivity index (χ2n) is 6.67. The van der Waals surface area contributed by atoms with Crippen molar-refractivity contribution in [3.8, 4) is 6.07 Å². The van der Waals surface area contributed by atoms with Gasteiger partial charge in [-0.15, -0.1) is 0 Å². The number of benzene rings is 2. The number of carbonyl (C=O) groups is 1. The maximum absolute atomic E-state index is 12.7. The largest absolute Gasteiger partial charge is 0.340 e. The first kappa shape index (κ1) is 18.3. The van der Waals surface area contributed by atoms with E-state index in [9.17, 15) is 14.9 Å². The Bertz CT molecular complexity index is 1130. The number of aromatic nitrogens is 2. The second kappa shape index (κ2) is 7.42. The molecule has 6 nitrogen and oxygen atoms in total. The summed E-state index contributed by atoms with van der Waals surface area (Å²) >= 11 is 0. The SMILES string of the molecule is Cc1ccc(CN(C)C(=O)Cn2cnc3cccc(C#N)c3c2=O)c(C)c1. The molecule has 1 amide bonds. The fourth-order valence-corrected chi connectivity index (χ4v) is 3.04. The number of likely N-dealkylation sites (N-methyl/N-ethyl adjacent to an activating group) is 1. The lowest BCUT2D eigenvalue weighted by Gasteiger charge is -2.19. The molecule has 0 aliphatic heterocycles. The number of fused-ring (bicyclic) bond motifs is 1. The van der Waals surface area contributed by atoms with Gasteiger partial charge < -0.3 is 4.90 Å². The number of aryl methyl sites for hydroxylation is 2. The Balaban J connectivity index is 1.84. The highest BCUT2D eigenvalue weighted by atomic mass is 16.2. The van der Waals surface area contributed by atoms with E-state index in [4.69, 9.17) is 0 Å². The van der Waals surface area contributed by atoms with E-state index in [1.807, 2.05) is 32.0 Å². The Hall–Kier alpha value is -3.46. The minimum atomic E-state index is -0.384. The van der Waals surface area contributed by atoms with Gasteiger partial charge in [-0.1, -0.05) is 29.8 Å². The van der Waals surface area contributed by atoms with E-state index in [-0.39, 0.29) is 29.0 Å². The maximum atomic E-state index is 12.7. The van der Waals surface area contributed by atoms with Crippen LogP contribution >= 0.6 is 0 Å². The average Bonchev–Trinajstić information content (AvgIpc) is 2.65. The van der Waals surface area contributed by atoms with Gasteiger partial charge >= 0.3 is 0 Å². The Labute approximate surface area is 157 Å². The highest BCUT2D eigenvalue weighted by Crippen LogP contribution is 2.14. The van der Waals surface area contributed by atoms with E-state index in [0.29, 0.717) is 12.1 Å². The van der Waals surface area contributed by atoms with Crippen molar-refractivity contribution in [2.45, 2.75) is 26.9 Å². The van der Waals surface area contributed by atoms with Crippen LogP contribution < -0.4 is 5.56 Å². The molecule has 0 atom stereocenters. The summed E-state index contributed by atoms with van der Waals surface area (Å²) < 4.78 is 1.25. The monoisotopic (exact) mass is 360 g/mol. The maximum Gasteiger partial charge on any atom is 0.263 e. The van der Waals surface area contributed by atoms with Crippen molar-refractivity contribution in [3.05, 3.63) is 75.3 Å². The number of hydrogen-bond donors (Lipinski definition) is 0. The zero-order chi connectivity index (χ0) is 19.6. The van der Waals surface area contributed by atoms with Crippen molar-refractivity contribution >= 4 is 16.8 Å². The molecule has 2 aromatic carbocycles. The van der Waals surface area contributed by atoms with Crippen molar-refractivity contribution < 1.29 is 4.79 Å². The lowest BCUT2D eigenvalue weighted by molar-refractivity contribution is -0.131. The average molecular weight is 360 g/mol. The first-order valence-corrected chi connectivity index (χ1v) is 8.59. The zero-order valence-corrected chi connectivity index (χ0v) is 15.6. The van der Waals surface area contributed by atoms with Gasteiger partial charge in [0.25, 0.3) is 5.56 Å². The Kier molecular flexibility index (Phi) is 5.04. The van der Waals surface area contributed by atoms with Gasteiger partial charge in [0.1, 0.15) is 12.6 Å². The molecular formula is C21H20N4O2. The standard InChI is InChI=1S/C21H20N4O2/c1-14-7-8-17(15(2)9-14)11-24(3)19(26)12-25-13-23-18-6-4-5-16(10-22)20(18)21(25)27/h4-9,13H,11-12H2,1-3H3. The molecule has 0 aliphatic rings. The smallest absolute Gasteiger partial charge is 0.263 e. The number of carbonyl (C=O) groups excluding carboxylic acids is 1. The molecule has 3 rings (SSSR count). The van der Waals surface area contributed by atoms with Crippen molar-refractivity contribution in [1.82, 2.24) is 14.5 Å². The molecule has 0 radical (unpaired) electrons. The summed E-state index contributed by atoms with van der Waals surface area (Å²) in [5.74, 6) is -0.201. The van der Waals surface area contributed by atoms with E-state index in [0.717, 1.165) is 11.1 Å². The number of nitrogens with zero attached hydrogens (tertiary/aromatic N) is 4. The molecule has 0 spiro atoms. The lowest BCUT2D eigenvalue weighted by atomic mass is 10.1. The summed E-state index contributed by atoms with van der Waals surface area (Å²) in [6.07, 6.45) is 1.36. The molecule has 27 heavy (non-hydrogen) atoms. The topological polar surface area (TPSA) is 79.0 Å². The predicted molar refractivity (Wildman–Crippen MR) is 103 cm³/mol. The summed E-state index contributed by atoms with van der Waals surface area (Å²) in [6, 6.07) is 13.0. The van der Waals surface area contributed by atoms with Crippen LogP contribution in [-0.4, -0.2) is 27.4 Å². The van der Waals surface area contributed by atoms with Crippen LogP contribution in [0.25, 0.3) is 10.9 Å². The van der Waals surface area contributed by atoms with Gasteiger partial charge in [-0.2, -0.15) is 5.26 Å². The molecule has 1 heterocycles. The summed E-state index contributed by atoms with van der Waals surface area (Å²) in [7, 11) is 1.71. The Morgan fingerprint density at radius 3 is 2.74 bits per heavy atom. The van der Waals surface area contributed by atoms with Crippen LogP contribution in [0.3, 0.4) is 0 Å². The van der Waals surface area contributed by atoms with Gasteiger partial charge in [-0.25, -0.2) is 4.98 Å². The summed E-state index contributed by atoms with van der Waals surface area (Å²) in [5.41, 5.74) is 3.68. The molecule has 0 unspecified atom stereocenters. The predicted octanol–water partition coefficient (Wildman–Crippen LogP) is 2.54. The number of rotatable bonds is 4. The third-order valence-corrected chi connectivity index (χ3v) is 4.61. The minimum absolute atomic E-state index is 0.122. The Morgan fingerprint density at radius 2 is 2.04 bits per heavy atom. The number of hydrogen-bond acceptors (Lipinski definition) is 4. The van der Waals surface area contributed by atoms with Gasteiger partial charge in [-0.3, -0.25) is 14.2 Å². The van der Waals surface area contributed by atoms with Crippen LogP contribution in [0.2, 0.25) is 0 Å². The molecule has 0 aliphatic carbocycles. The van der Waals surface area contributed by atoms with E-state index in [1.54, 1.807) is 30.1 Å². The van der Waals surface area contributed by atoms with Gasteiger partial charge in [0.15, 0.2) is 0 Å². The van der Waals surface area contributed by atoms with E-state index >= 15 is 0 Å². The van der Waals surface area contributed by atoms with E-state index in [2.05, 4.69) is 11.1 Å². The molecule has 6 heteroatoms. The molecule has 0 N–H and O–H groups in total. The van der Waals surface area contributed by atoms with Crippen molar-refractivity contribution in [2.75, 3.05) is 7.05 Å². The molecule has 136 valence electrons.